The fourth-order valence-corrected chi connectivity index (χ4v) is 0.571. The second-order valence-electron chi connectivity index (χ2n) is 1.03. The third kappa shape index (κ3) is 1.09. The van der Waals surface area contributed by atoms with Crippen molar-refractivity contribution >= 4 is 22.6 Å². The summed E-state index contributed by atoms with van der Waals surface area (Å²) in [6.07, 6.45) is 0.203. The highest BCUT2D eigenvalue weighted by atomic mass is 127. The Balaban J connectivity index is 2.84. The second-order valence-corrected chi connectivity index (χ2v) is 2.00. The zero-order chi connectivity index (χ0) is 5.98. The van der Waals surface area contributed by atoms with Gasteiger partial charge in [-0.15, -0.1) is 4.98 Å². The van der Waals surface area contributed by atoms with Crippen LogP contribution in [-0.2, 0) is 0 Å². The topological polar surface area (TPSA) is 48.2 Å². The van der Waals surface area contributed by atoms with Crippen molar-refractivity contribution in [2.24, 2.45) is 0 Å². The molecule has 4 nitrogen and oxygen atoms in total. The molecule has 0 saturated heterocycles. The molecule has 0 radical (unpaired) electrons. The average Bonchev–Trinajstić information content (AvgIpc) is 2.14. The Morgan fingerprint density at radius 2 is 2.50 bits per heavy atom. The smallest absolute Gasteiger partial charge is 0.417 e. The van der Waals surface area contributed by atoms with Crippen molar-refractivity contribution in [1.82, 2.24) is 10.1 Å². The minimum Gasteiger partial charge on any atom is -0.452 e. The molecule has 0 saturated carbocycles. The van der Waals surface area contributed by atoms with Crippen LogP contribution in [0.5, 0.6) is 6.08 Å². The van der Waals surface area contributed by atoms with Gasteiger partial charge in [0.05, 0.1) is 7.11 Å². The Labute approximate surface area is 59.4 Å². The summed E-state index contributed by atoms with van der Waals surface area (Å²) in [6, 6.07) is 0. The van der Waals surface area contributed by atoms with E-state index in [0.717, 1.165) is 0 Å². The lowest BCUT2D eigenvalue weighted by molar-refractivity contribution is 0.250. The molecular formula is C3H3IN2O2. The van der Waals surface area contributed by atoms with Gasteiger partial charge >= 0.3 is 6.08 Å². The predicted molar refractivity (Wildman–Crippen MR) is 33.6 cm³/mol. The van der Waals surface area contributed by atoms with Gasteiger partial charge in [0.2, 0.25) is 3.83 Å². The molecule has 8 heavy (non-hydrogen) atoms. The number of methoxy groups -OCH3 is 1. The van der Waals surface area contributed by atoms with E-state index in [1.54, 1.807) is 0 Å². The molecule has 0 amide bonds. The normalized spacial score (nSPS) is 9.25. The molecule has 5 heteroatoms. The zero-order valence-electron chi connectivity index (χ0n) is 4.09. The molecule has 44 valence electrons. The Kier molecular flexibility index (Phi) is 1.66. The lowest BCUT2D eigenvalue weighted by Gasteiger charge is -1.81. The minimum atomic E-state index is 0.203. The summed E-state index contributed by atoms with van der Waals surface area (Å²) in [5.41, 5.74) is 0. The number of rotatable bonds is 1. The number of nitrogens with zero attached hydrogens (tertiary/aromatic N) is 2. The van der Waals surface area contributed by atoms with E-state index in [4.69, 9.17) is 0 Å². The molecule has 0 N–H and O–H groups in total. The van der Waals surface area contributed by atoms with Crippen LogP contribution in [0.2, 0.25) is 0 Å². The van der Waals surface area contributed by atoms with Gasteiger partial charge in [0.25, 0.3) is 0 Å². The van der Waals surface area contributed by atoms with E-state index in [1.165, 1.54) is 7.11 Å². The van der Waals surface area contributed by atoms with Gasteiger partial charge in [-0.05, 0) is 5.16 Å². The lowest BCUT2D eigenvalue weighted by Crippen LogP contribution is -1.80. The fraction of sp³-hybridized carbons (Fsp3) is 0.333. The molecule has 0 spiro atoms. The predicted octanol–water partition coefficient (Wildman–Crippen LogP) is 0.683. The molecular weight excluding hydrogens is 223 g/mol. The number of hydrogen-bond donors (Lipinski definition) is 0. The summed E-state index contributed by atoms with van der Waals surface area (Å²) in [4.78, 5) is 3.72. The van der Waals surface area contributed by atoms with Crippen molar-refractivity contribution in [2.75, 3.05) is 7.11 Å². The summed E-state index contributed by atoms with van der Waals surface area (Å²) in [5.74, 6) is 0. The molecule has 0 bridgehead atoms. The van der Waals surface area contributed by atoms with Crippen LogP contribution in [0.25, 0.3) is 0 Å². The number of halogens is 1. The summed E-state index contributed by atoms with van der Waals surface area (Å²) in [5, 5.41) is 3.46. The number of aromatic nitrogens is 2. The van der Waals surface area contributed by atoms with E-state index in [2.05, 4.69) is 19.4 Å². The molecule has 0 fully saturated rings. The molecule has 1 aromatic rings. The maximum absolute atomic E-state index is 4.59. The highest BCUT2D eigenvalue weighted by molar-refractivity contribution is 14.1. The second kappa shape index (κ2) is 2.29. The van der Waals surface area contributed by atoms with Crippen LogP contribution in [0.3, 0.4) is 0 Å². The molecule has 0 aliphatic carbocycles. The molecule has 1 rings (SSSR count). The van der Waals surface area contributed by atoms with Gasteiger partial charge in [-0.3, -0.25) is 4.52 Å². The van der Waals surface area contributed by atoms with Crippen LogP contribution >= 0.6 is 22.6 Å². The van der Waals surface area contributed by atoms with Gasteiger partial charge in [0.1, 0.15) is 0 Å². The maximum atomic E-state index is 4.59. The summed E-state index contributed by atoms with van der Waals surface area (Å²) >= 11 is 1.93. The van der Waals surface area contributed by atoms with E-state index < -0.39 is 0 Å². The molecule has 0 atom stereocenters. The van der Waals surface area contributed by atoms with Gasteiger partial charge in [-0.2, -0.15) is 0 Å². The lowest BCUT2D eigenvalue weighted by atomic mass is 11.2. The van der Waals surface area contributed by atoms with Crippen molar-refractivity contribution in [3.8, 4) is 6.08 Å². The van der Waals surface area contributed by atoms with Crippen molar-refractivity contribution < 1.29 is 9.26 Å². The Morgan fingerprint density at radius 3 is 2.75 bits per heavy atom. The van der Waals surface area contributed by atoms with Gasteiger partial charge in [-0.1, -0.05) is 0 Å². The molecule has 0 aliphatic rings. The van der Waals surface area contributed by atoms with E-state index >= 15 is 0 Å². The average molecular weight is 226 g/mol. The van der Waals surface area contributed by atoms with Crippen LogP contribution in [0.1, 0.15) is 0 Å². The monoisotopic (exact) mass is 226 g/mol. The first-order chi connectivity index (χ1) is 3.83. The Morgan fingerprint density at radius 1 is 1.75 bits per heavy atom. The first-order valence-electron chi connectivity index (χ1n) is 1.86. The Hall–Kier alpha value is -0.330. The highest BCUT2D eigenvalue weighted by Gasteiger charge is 1.98. The molecule has 0 unspecified atom stereocenters. The third-order valence-electron chi connectivity index (χ3n) is 0.557. The zero-order valence-corrected chi connectivity index (χ0v) is 6.25. The first kappa shape index (κ1) is 5.80. The van der Waals surface area contributed by atoms with E-state index in [0.29, 0.717) is 3.83 Å². The van der Waals surface area contributed by atoms with Crippen molar-refractivity contribution in [3.05, 3.63) is 3.83 Å². The Bertz CT molecular complexity index is 176. The summed E-state index contributed by atoms with van der Waals surface area (Å²) in [7, 11) is 1.48. The molecule has 1 aromatic heterocycles. The van der Waals surface area contributed by atoms with Crippen LogP contribution in [0.4, 0.5) is 0 Å². The van der Waals surface area contributed by atoms with Crippen molar-refractivity contribution in [2.45, 2.75) is 0 Å². The number of hydrogen-bond acceptors (Lipinski definition) is 4. The van der Waals surface area contributed by atoms with Crippen molar-refractivity contribution in [3.63, 3.8) is 0 Å². The van der Waals surface area contributed by atoms with Crippen molar-refractivity contribution in [1.29, 1.82) is 0 Å². The van der Waals surface area contributed by atoms with Crippen LogP contribution in [0, 0.1) is 3.83 Å². The number of ether oxygens (including phenoxy) is 1. The summed E-state index contributed by atoms with van der Waals surface area (Å²) < 4.78 is 9.67. The molecule has 0 aromatic carbocycles. The van der Waals surface area contributed by atoms with Crippen LogP contribution in [-0.4, -0.2) is 17.3 Å². The molecule has 1 heterocycles. The highest BCUT2D eigenvalue weighted by Crippen LogP contribution is 2.05. The largest absolute Gasteiger partial charge is 0.452 e. The van der Waals surface area contributed by atoms with Gasteiger partial charge < -0.3 is 4.74 Å². The van der Waals surface area contributed by atoms with Gasteiger partial charge in [0.15, 0.2) is 0 Å². The van der Waals surface area contributed by atoms with E-state index in [9.17, 15) is 0 Å². The standard InChI is InChI=1S/C3H3IN2O2/c1-7-3-5-2(4)6-8-3/h1H3. The van der Waals surface area contributed by atoms with Gasteiger partial charge in [-0.25, -0.2) is 0 Å². The maximum Gasteiger partial charge on any atom is 0.417 e. The summed E-state index contributed by atoms with van der Waals surface area (Å²) in [6.45, 7) is 0. The fourth-order valence-electron chi connectivity index (χ4n) is 0.276. The van der Waals surface area contributed by atoms with E-state index in [1.807, 2.05) is 22.6 Å². The quantitative estimate of drug-likeness (QED) is 0.660. The minimum absolute atomic E-state index is 0.203. The SMILES string of the molecule is COc1nc(I)no1. The molecule has 0 aliphatic heterocycles. The van der Waals surface area contributed by atoms with Gasteiger partial charge in [0, 0.05) is 22.6 Å². The first-order valence-corrected chi connectivity index (χ1v) is 2.94. The third-order valence-corrected chi connectivity index (χ3v) is 0.995. The van der Waals surface area contributed by atoms with Crippen LogP contribution in [0.15, 0.2) is 4.52 Å². The van der Waals surface area contributed by atoms with E-state index in [-0.39, 0.29) is 6.08 Å². The van der Waals surface area contributed by atoms with Crippen LogP contribution < -0.4 is 4.74 Å².